The van der Waals surface area contributed by atoms with Crippen molar-refractivity contribution in [2.24, 2.45) is 0 Å². The Bertz CT molecular complexity index is 397. The summed E-state index contributed by atoms with van der Waals surface area (Å²) in [6.45, 7) is 8.67. The summed E-state index contributed by atoms with van der Waals surface area (Å²) in [7, 11) is 0. The number of nitrogens with zero attached hydrogens (tertiary/aromatic N) is 1. The van der Waals surface area contributed by atoms with Gasteiger partial charge in [-0.25, -0.2) is 0 Å². The van der Waals surface area contributed by atoms with Crippen LogP contribution in [0.3, 0.4) is 0 Å². The number of rotatable bonds is 4. The lowest BCUT2D eigenvalue weighted by Crippen LogP contribution is -2.44. The molecule has 0 amide bonds. The van der Waals surface area contributed by atoms with Gasteiger partial charge in [-0.15, -0.1) is 0 Å². The van der Waals surface area contributed by atoms with Crippen molar-refractivity contribution in [3.8, 4) is 0 Å². The van der Waals surface area contributed by atoms with Crippen molar-refractivity contribution in [2.75, 3.05) is 31.2 Å². The van der Waals surface area contributed by atoms with E-state index in [0.29, 0.717) is 6.04 Å². The molecule has 1 aliphatic rings. The number of ether oxygens (including phenoxy) is 1. The second-order valence-corrected chi connectivity index (χ2v) is 5.11. The lowest BCUT2D eigenvalue weighted by Gasteiger charge is -2.36. The minimum Gasteiger partial charge on any atom is -0.377 e. The molecular weight excluding hydrogens is 248 g/mol. The number of anilines is 1. The number of halogens is 1. The minimum atomic E-state index is 0.401. The summed E-state index contributed by atoms with van der Waals surface area (Å²) in [4.78, 5) is 2.39. The van der Waals surface area contributed by atoms with Gasteiger partial charge in [-0.2, -0.15) is 0 Å². The molecule has 0 radical (unpaired) electrons. The van der Waals surface area contributed by atoms with Crippen LogP contribution in [0.5, 0.6) is 0 Å². The summed E-state index contributed by atoms with van der Waals surface area (Å²) in [6.07, 6.45) is 0. The Hall–Kier alpha value is -0.770. The minimum absolute atomic E-state index is 0.401. The molecule has 100 valence electrons. The van der Waals surface area contributed by atoms with Crippen LogP contribution in [-0.4, -0.2) is 32.3 Å². The third kappa shape index (κ3) is 3.16. The smallest absolute Gasteiger partial charge is 0.0668 e. The van der Waals surface area contributed by atoms with Gasteiger partial charge in [0.25, 0.3) is 0 Å². The highest BCUT2D eigenvalue weighted by Crippen LogP contribution is 2.27. The zero-order chi connectivity index (χ0) is 13.0. The first-order valence-electron chi connectivity index (χ1n) is 6.56. The molecule has 1 atom stereocenters. The second kappa shape index (κ2) is 6.41. The Morgan fingerprint density at radius 2 is 2.33 bits per heavy atom. The molecule has 1 aliphatic heterocycles. The van der Waals surface area contributed by atoms with Gasteiger partial charge in [-0.05, 0) is 31.2 Å². The molecule has 1 unspecified atom stereocenters. The van der Waals surface area contributed by atoms with Crippen molar-refractivity contribution in [3.63, 3.8) is 0 Å². The highest BCUT2D eigenvalue weighted by atomic mass is 35.5. The Balaban J connectivity index is 2.25. The number of morpholine rings is 1. The van der Waals surface area contributed by atoms with E-state index in [1.54, 1.807) is 0 Å². The van der Waals surface area contributed by atoms with Gasteiger partial charge in [0.15, 0.2) is 0 Å². The number of benzene rings is 1. The predicted octanol–water partition coefficient (Wildman–Crippen LogP) is 2.67. The van der Waals surface area contributed by atoms with E-state index in [-0.39, 0.29) is 0 Å². The van der Waals surface area contributed by atoms with Crippen molar-refractivity contribution < 1.29 is 4.74 Å². The summed E-state index contributed by atoms with van der Waals surface area (Å²) >= 11 is 6.14. The van der Waals surface area contributed by atoms with E-state index >= 15 is 0 Å². The van der Waals surface area contributed by atoms with Gasteiger partial charge < -0.3 is 15.0 Å². The molecule has 0 aromatic heterocycles. The molecular formula is C14H21ClN2O. The largest absolute Gasteiger partial charge is 0.377 e. The molecule has 0 aliphatic carbocycles. The van der Waals surface area contributed by atoms with Crippen LogP contribution in [0.15, 0.2) is 18.2 Å². The lowest BCUT2D eigenvalue weighted by atomic mass is 10.1. The van der Waals surface area contributed by atoms with Crippen molar-refractivity contribution >= 4 is 17.3 Å². The fourth-order valence-corrected chi connectivity index (χ4v) is 2.46. The van der Waals surface area contributed by atoms with Crippen LogP contribution in [0, 0.1) is 0 Å². The van der Waals surface area contributed by atoms with E-state index in [1.165, 1.54) is 11.3 Å². The third-order valence-electron chi connectivity index (χ3n) is 3.29. The SMILES string of the molecule is CCNCc1ccc(Cl)cc1N1CCOCC1C. The Morgan fingerprint density at radius 1 is 1.50 bits per heavy atom. The average molecular weight is 269 g/mol. The molecule has 1 heterocycles. The maximum Gasteiger partial charge on any atom is 0.0668 e. The van der Waals surface area contributed by atoms with Crippen LogP contribution in [0.2, 0.25) is 5.02 Å². The van der Waals surface area contributed by atoms with Crippen LogP contribution in [0.4, 0.5) is 5.69 Å². The lowest BCUT2D eigenvalue weighted by molar-refractivity contribution is 0.0988. The molecule has 18 heavy (non-hydrogen) atoms. The quantitative estimate of drug-likeness (QED) is 0.909. The van der Waals surface area contributed by atoms with E-state index in [2.05, 4.69) is 36.2 Å². The molecule has 0 saturated carbocycles. The first kappa shape index (κ1) is 13.7. The highest BCUT2D eigenvalue weighted by molar-refractivity contribution is 6.30. The van der Waals surface area contributed by atoms with Crippen LogP contribution in [0.1, 0.15) is 19.4 Å². The fourth-order valence-electron chi connectivity index (χ4n) is 2.30. The Morgan fingerprint density at radius 3 is 3.06 bits per heavy atom. The van der Waals surface area contributed by atoms with Gasteiger partial charge in [-0.3, -0.25) is 0 Å². The van der Waals surface area contributed by atoms with Gasteiger partial charge in [0.2, 0.25) is 0 Å². The summed E-state index contributed by atoms with van der Waals surface area (Å²) in [5.74, 6) is 0. The first-order chi connectivity index (χ1) is 8.72. The van der Waals surface area contributed by atoms with E-state index < -0.39 is 0 Å². The molecule has 3 nitrogen and oxygen atoms in total. The molecule has 1 N–H and O–H groups in total. The van der Waals surface area contributed by atoms with Crippen LogP contribution < -0.4 is 10.2 Å². The fraction of sp³-hybridized carbons (Fsp3) is 0.571. The molecule has 4 heteroatoms. The van der Waals surface area contributed by atoms with Gasteiger partial charge in [0, 0.05) is 29.8 Å². The molecule has 0 bridgehead atoms. The van der Waals surface area contributed by atoms with Crippen molar-refractivity contribution in [3.05, 3.63) is 28.8 Å². The Kier molecular flexibility index (Phi) is 4.87. The normalized spacial score (nSPS) is 20.2. The number of nitrogens with one attached hydrogen (secondary N) is 1. The summed E-state index contributed by atoms with van der Waals surface area (Å²) in [6, 6.07) is 6.54. The Labute approximate surface area is 114 Å². The van der Waals surface area contributed by atoms with E-state index in [9.17, 15) is 0 Å². The number of hydrogen-bond acceptors (Lipinski definition) is 3. The van der Waals surface area contributed by atoms with Crippen molar-refractivity contribution in [2.45, 2.75) is 26.4 Å². The van der Waals surface area contributed by atoms with E-state index in [4.69, 9.17) is 16.3 Å². The molecule has 1 fully saturated rings. The summed E-state index contributed by atoms with van der Waals surface area (Å²) in [5, 5.41) is 4.17. The summed E-state index contributed by atoms with van der Waals surface area (Å²) in [5.41, 5.74) is 2.54. The van der Waals surface area contributed by atoms with Gasteiger partial charge in [0.1, 0.15) is 0 Å². The molecule has 2 rings (SSSR count). The van der Waals surface area contributed by atoms with E-state index in [1.807, 2.05) is 6.07 Å². The van der Waals surface area contributed by atoms with Gasteiger partial charge in [-0.1, -0.05) is 24.6 Å². The number of hydrogen-bond donors (Lipinski definition) is 1. The standard InChI is InChI=1S/C14H21ClN2O/c1-3-16-9-12-4-5-13(15)8-14(12)17-6-7-18-10-11(17)2/h4-5,8,11,16H,3,6-7,9-10H2,1-2H3. The highest BCUT2D eigenvalue weighted by Gasteiger charge is 2.21. The zero-order valence-electron chi connectivity index (χ0n) is 11.1. The molecule has 0 spiro atoms. The maximum atomic E-state index is 6.14. The summed E-state index contributed by atoms with van der Waals surface area (Å²) < 4.78 is 5.49. The third-order valence-corrected chi connectivity index (χ3v) is 3.52. The first-order valence-corrected chi connectivity index (χ1v) is 6.93. The maximum absolute atomic E-state index is 6.14. The molecule has 1 saturated heterocycles. The molecule has 1 aromatic rings. The molecule has 1 aromatic carbocycles. The van der Waals surface area contributed by atoms with Crippen LogP contribution >= 0.6 is 11.6 Å². The van der Waals surface area contributed by atoms with Crippen LogP contribution in [0.25, 0.3) is 0 Å². The zero-order valence-corrected chi connectivity index (χ0v) is 11.8. The van der Waals surface area contributed by atoms with E-state index in [0.717, 1.165) is 37.9 Å². The van der Waals surface area contributed by atoms with Crippen molar-refractivity contribution in [1.29, 1.82) is 0 Å². The van der Waals surface area contributed by atoms with Crippen LogP contribution in [-0.2, 0) is 11.3 Å². The monoisotopic (exact) mass is 268 g/mol. The topological polar surface area (TPSA) is 24.5 Å². The van der Waals surface area contributed by atoms with Gasteiger partial charge >= 0.3 is 0 Å². The average Bonchev–Trinajstić information content (AvgIpc) is 2.38. The second-order valence-electron chi connectivity index (χ2n) is 4.67. The van der Waals surface area contributed by atoms with Gasteiger partial charge in [0.05, 0.1) is 13.2 Å². The predicted molar refractivity (Wildman–Crippen MR) is 76.5 cm³/mol. The van der Waals surface area contributed by atoms with Crippen molar-refractivity contribution in [1.82, 2.24) is 5.32 Å².